The van der Waals surface area contributed by atoms with Crippen molar-refractivity contribution in [2.75, 3.05) is 13.7 Å². The number of halogens is 1. The van der Waals surface area contributed by atoms with Crippen LogP contribution in [0.25, 0.3) is 17.8 Å². The Hall–Kier alpha value is -3.02. The molecule has 0 bridgehead atoms. The molecule has 0 fully saturated rings. The second kappa shape index (κ2) is 9.20. The van der Waals surface area contributed by atoms with E-state index < -0.39 is 5.60 Å². The predicted octanol–water partition coefficient (Wildman–Crippen LogP) is 4.82. The molecule has 0 aliphatic rings. The summed E-state index contributed by atoms with van der Waals surface area (Å²) in [6, 6.07) is 16.1. The second-order valence-electron chi connectivity index (χ2n) is 7.49. The lowest BCUT2D eigenvalue weighted by Gasteiger charge is -2.19. The van der Waals surface area contributed by atoms with Gasteiger partial charge in [-0.25, -0.2) is 0 Å². The van der Waals surface area contributed by atoms with E-state index in [4.69, 9.17) is 21.1 Å². The van der Waals surface area contributed by atoms with Gasteiger partial charge in [-0.15, -0.1) is 0 Å². The van der Waals surface area contributed by atoms with Crippen LogP contribution < -0.4 is 15.0 Å². The van der Waals surface area contributed by atoms with E-state index in [1.54, 1.807) is 44.3 Å². The number of benzene rings is 2. The summed E-state index contributed by atoms with van der Waals surface area (Å²) in [5, 5.41) is 10.5. The second-order valence-corrected chi connectivity index (χ2v) is 7.93. The number of nitrogens with zero attached hydrogens (tertiary/aromatic N) is 1. The first kappa shape index (κ1) is 21.7. The number of rotatable bonds is 7. The van der Waals surface area contributed by atoms with Crippen molar-refractivity contribution in [1.82, 2.24) is 4.57 Å². The molecule has 0 aliphatic heterocycles. The first-order valence-electron chi connectivity index (χ1n) is 9.45. The number of pyridine rings is 1. The third-order valence-corrected chi connectivity index (χ3v) is 4.54. The highest BCUT2D eigenvalue weighted by atomic mass is 35.5. The van der Waals surface area contributed by atoms with E-state index >= 15 is 0 Å². The van der Waals surface area contributed by atoms with Crippen LogP contribution in [0.15, 0.2) is 65.6 Å². The van der Waals surface area contributed by atoms with Crippen LogP contribution >= 0.6 is 11.6 Å². The van der Waals surface area contributed by atoms with E-state index in [9.17, 15) is 9.90 Å². The van der Waals surface area contributed by atoms with Crippen molar-refractivity contribution in [2.24, 2.45) is 0 Å². The van der Waals surface area contributed by atoms with Crippen molar-refractivity contribution < 1.29 is 14.6 Å². The highest BCUT2D eigenvalue weighted by molar-refractivity contribution is 6.30. The summed E-state index contributed by atoms with van der Waals surface area (Å²) in [7, 11) is 1.53. The van der Waals surface area contributed by atoms with E-state index in [0.717, 1.165) is 11.1 Å². The van der Waals surface area contributed by atoms with Crippen LogP contribution in [0, 0.1) is 0 Å². The van der Waals surface area contributed by atoms with Gasteiger partial charge in [-0.1, -0.05) is 35.9 Å². The van der Waals surface area contributed by atoms with Crippen LogP contribution in [-0.2, 0) is 0 Å². The maximum absolute atomic E-state index is 12.6. The largest absolute Gasteiger partial charge is 0.493 e. The SMILES string of the molecule is COc1cc(-n2ccc(/C=C/c3ccc(Cl)cc3)cc2=O)ccc1OCC(C)(C)O. The molecule has 0 saturated carbocycles. The first-order chi connectivity index (χ1) is 14.2. The Morgan fingerprint density at radius 3 is 2.33 bits per heavy atom. The van der Waals surface area contributed by atoms with Gasteiger partial charge in [0.1, 0.15) is 6.61 Å². The Bertz CT molecular complexity index is 1100. The van der Waals surface area contributed by atoms with Gasteiger partial charge < -0.3 is 14.6 Å². The molecule has 3 aromatic rings. The predicted molar refractivity (Wildman–Crippen MR) is 121 cm³/mol. The van der Waals surface area contributed by atoms with Gasteiger partial charge in [-0.2, -0.15) is 0 Å². The summed E-state index contributed by atoms with van der Waals surface area (Å²) in [6.07, 6.45) is 5.52. The fourth-order valence-corrected chi connectivity index (χ4v) is 2.88. The minimum absolute atomic E-state index is 0.122. The molecule has 0 aliphatic carbocycles. The van der Waals surface area contributed by atoms with Crippen molar-refractivity contribution in [1.29, 1.82) is 0 Å². The fraction of sp³-hybridized carbons (Fsp3) is 0.208. The van der Waals surface area contributed by atoms with Crippen LogP contribution in [0.2, 0.25) is 5.02 Å². The molecule has 6 heteroatoms. The van der Waals surface area contributed by atoms with E-state index in [1.807, 2.05) is 42.5 Å². The third kappa shape index (κ3) is 5.75. The standard InChI is InChI=1S/C24H24ClNO4/c1-24(2,28)16-30-21-11-10-20(15-22(21)29-3)26-13-12-18(14-23(26)27)5-4-17-6-8-19(25)9-7-17/h4-15,28H,16H2,1-3H3/b5-4+. The van der Waals surface area contributed by atoms with E-state index in [0.29, 0.717) is 22.2 Å². The molecule has 2 aromatic carbocycles. The molecule has 0 saturated heterocycles. The van der Waals surface area contributed by atoms with E-state index in [1.165, 1.54) is 11.7 Å². The maximum atomic E-state index is 12.6. The zero-order valence-corrected chi connectivity index (χ0v) is 17.9. The van der Waals surface area contributed by atoms with E-state index in [-0.39, 0.29) is 12.2 Å². The average molecular weight is 426 g/mol. The van der Waals surface area contributed by atoms with Gasteiger partial charge in [-0.3, -0.25) is 9.36 Å². The summed E-state index contributed by atoms with van der Waals surface area (Å²) >= 11 is 5.90. The molecule has 0 spiro atoms. The molecule has 1 N–H and O–H groups in total. The molecular weight excluding hydrogens is 402 g/mol. The lowest BCUT2D eigenvalue weighted by atomic mass is 10.1. The van der Waals surface area contributed by atoms with Gasteiger partial charge in [-0.05, 0) is 55.3 Å². The highest BCUT2D eigenvalue weighted by Crippen LogP contribution is 2.30. The normalized spacial score (nSPS) is 11.6. The molecule has 30 heavy (non-hydrogen) atoms. The highest BCUT2D eigenvalue weighted by Gasteiger charge is 2.15. The smallest absolute Gasteiger partial charge is 0.255 e. The maximum Gasteiger partial charge on any atom is 0.255 e. The average Bonchev–Trinajstić information content (AvgIpc) is 2.71. The molecule has 0 radical (unpaired) electrons. The molecular formula is C24H24ClNO4. The molecule has 0 atom stereocenters. The molecule has 0 amide bonds. The summed E-state index contributed by atoms with van der Waals surface area (Å²) < 4.78 is 12.6. The zero-order valence-electron chi connectivity index (χ0n) is 17.1. The Morgan fingerprint density at radius 2 is 1.70 bits per heavy atom. The van der Waals surface area contributed by atoms with Gasteiger partial charge >= 0.3 is 0 Å². The lowest BCUT2D eigenvalue weighted by Crippen LogP contribution is -2.28. The summed E-state index contributed by atoms with van der Waals surface area (Å²) in [6.45, 7) is 3.45. The van der Waals surface area contributed by atoms with Gasteiger partial charge in [0.05, 0.1) is 18.4 Å². The van der Waals surface area contributed by atoms with Gasteiger partial charge in [0, 0.05) is 23.4 Å². The Balaban J connectivity index is 1.82. The topological polar surface area (TPSA) is 60.7 Å². The number of aromatic nitrogens is 1. The quantitative estimate of drug-likeness (QED) is 0.589. The van der Waals surface area contributed by atoms with Gasteiger partial charge in [0.15, 0.2) is 11.5 Å². The minimum Gasteiger partial charge on any atom is -0.493 e. The lowest BCUT2D eigenvalue weighted by molar-refractivity contribution is 0.0276. The third-order valence-electron chi connectivity index (χ3n) is 4.29. The molecule has 5 nitrogen and oxygen atoms in total. The Labute approximate surface area is 180 Å². The monoisotopic (exact) mass is 425 g/mol. The van der Waals surface area contributed by atoms with Gasteiger partial charge in [0.2, 0.25) is 0 Å². The number of methoxy groups -OCH3 is 1. The summed E-state index contributed by atoms with van der Waals surface area (Å²) in [4.78, 5) is 12.6. The van der Waals surface area contributed by atoms with Crippen molar-refractivity contribution in [2.45, 2.75) is 19.4 Å². The van der Waals surface area contributed by atoms with Gasteiger partial charge in [0.25, 0.3) is 5.56 Å². The van der Waals surface area contributed by atoms with E-state index in [2.05, 4.69) is 0 Å². The number of aliphatic hydroxyl groups is 1. The van der Waals surface area contributed by atoms with Crippen LogP contribution in [0.1, 0.15) is 25.0 Å². The zero-order chi connectivity index (χ0) is 21.7. The summed E-state index contributed by atoms with van der Waals surface area (Å²) in [5.41, 5.74) is 1.31. The van der Waals surface area contributed by atoms with Crippen molar-refractivity contribution in [3.8, 4) is 17.2 Å². The molecule has 1 heterocycles. The molecule has 1 aromatic heterocycles. The molecule has 3 rings (SSSR count). The van der Waals surface area contributed by atoms with Crippen molar-refractivity contribution in [3.63, 3.8) is 0 Å². The molecule has 0 unspecified atom stereocenters. The molecule has 156 valence electrons. The summed E-state index contributed by atoms with van der Waals surface area (Å²) in [5.74, 6) is 0.981. The Kier molecular flexibility index (Phi) is 6.65. The first-order valence-corrected chi connectivity index (χ1v) is 9.83. The van der Waals surface area contributed by atoms with Crippen molar-refractivity contribution >= 4 is 23.8 Å². The Morgan fingerprint density at radius 1 is 1.00 bits per heavy atom. The van der Waals surface area contributed by atoms with Crippen LogP contribution in [0.3, 0.4) is 0 Å². The number of hydrogen-bond donors (Lipinski definition) is 1. The van der Waals surface area contributed by atoms with Crippen LogP contribution in [0.5, 0.6) is 11.5 Å². The number of ether oxygens (including phenoxy) is 2. The van der Waals surface area contributed by atoms with Crippen LogP contribution in [0.4, 0.5) is 0 Å². The van der Waals surface area contributed by atoms with Crippen LogP contribution in [-0.4, -0.2) is 29.0 Å². The number of hydrogen-bond acceptors (Lipinski definition) is 4. The van der Waals surface area contributed by atoms with Crippen molar-refractivity contribution in [3.05, 3.63) is 87.3 Å². The fourth-order valence-electron chi connectivity index (χ4n) is 2.76. The minimum atomic E-state index is -0.962.